The van der Waals surface area contributed by atoms with Crippen molar-refractivity contribution in [1.82, 2.24) is 15.3 Å². The van der Waals surface area contributed by atoms with Crippen LogP contribution in [-0.4, -0.2) is 22.4 Å². The summed E-state index contributed by atoms with van der Waals surface area (Å²) in [5.41, 5.74) is 1.41. The number of nitrogens with zero attached hydrogens (tertiary/aromatic N) is 2. The second-order valence-electron chi connectivity index (χ2n) is 3.72. The number of carbonyl (C=O) groups is 1. The Morgan fingerprint density at radius 2 is 2.00 bits per heavy atom. The van der Waals surface area contributed by atoms with E-state index in [0.717, 1.165) is 6.42 Å². The van der Waals surface area contributed by atoms with Crippen molar-refractivity contribution in [1.29, 1.82) is 0 Å². The van der Waals surface area contributed by atoms with Crippen molar-refractivity contribution in [2.75, 3.05) is 6.54 Å². The monoisotopic (exact) mass is 261 g/mol. The summed E-state index contributed by atoms with van der Waals surface area (Å²) in [6.45, 7) is 0.553. The van der Waals surface area contributed by atoms with Gasteiger partial charge in [0.05, 0.1) is 12.4 Å². The number of hydrogen-bond donors (Lipinski definition) is 1. The summed E-state index contributed by atoms with van der Waals surface area (Å²) >= 11 is 5.67. The summed E-state index contributed by atoms with van der Waals surface area (Å²) in [4.78, 5) is 19.4. The Labute approximate surface area is 110 Å². The molecule has 0 unspecified atom stereocenters. The molecule has 0 aliphatic carbocycles. The van der Waals surface area contributed by atoms with E-state index in [1.807, 2.05) is 30.3 Å². The molecule has 0 radical (unpaired) electrons. The summed E-state index contributed by atoms with van der Waals surface area (Å²) in [5.74, 6) is -0.263. The Morgan fingerprint density at radius 3 is 2.72 bits per heavy atom. The van der Waals surface area contributed by atoms with E-state index in [1.165, 1.54) is 18.0 Å². The molecule has 2 aromatic rings. The number of amides is 1. The maximum atomic E-state index is 11.7. The molecule has 1 aromatic heterocycles. The highest BCUT2D eigenvalue weighted by atomic mass is 35.5. The number of carbonyl (C=O) groups excluding carboxylic acids is 1. The average molecular weight is 262 g/mol. The Balaban J connectivity index is 1.86. The van der Waals surface area contributed by atoms with Crippen molar-refractivity contribution in [3.63, 3.8) is 0 Å². The molecule has 0 saturated carbocycles. The van der Waals surface area contributed by atoms with Gasteiger partial charge in [0.2, 0.25) is 0 Å². The van der Waals surface area contributed by atoms with Gasteiger partial charge in [0.1, 0.15) is 10.8 Å². The minimum atomic E-state index is -0.263. The average Bonchev–Trinajstić information content (AvgIpc) is 2.40. The number of halogens is 1. The third-order valence-corrected chi connectivity index (χ3v) is 2.56. The SMILES string of the molecule is O=C(NCCc1ccccc1)c1cncc(Cl)n1. The standard InChI is InChI=1S/C13H12ClN3O/c14-12-9-15-8-11(17-12)13(18)16-7-6-10-4-2-1-3-5-10/h1-5,8-9H,6-7H2,(H,16,18). The molecule has 0 fully saturated rings. The fraction of sp³-hybridized carbons (Fsp3) is 0.154. The number of benzene rings is 1. The normalized spacial score (nSPS) is 10.1. The molecule has 5 heteroatoms. The van der Waals surface area contributed by atoms with Gasteiger partial charge in [0.15, 0.2) is 0 Å². The lowest BCUT2D eigenvalue weighted by atomic mass is 10.1. The summed E-state index contributed by atoms with van der Waals surface area (Å²) in [5, 5.41) is 2.99. The zero-order valence-corrected chi connectivity index (χ0v) is 10.4. The van der Waals surface area contributed by atoms with Crippen LogP contribution in [0.15, 0.2) is 42.7 Å². The molecule has 4 nitrogen and oxygen atoms in total. The van der Waals surface area contributed by atoms with Crippen LogP contribution in [-0.2, 0) is 6.42 Å². The van der Waals surface area contributed by atoms with Crippen LogP contribution in [0.1, 0.15) is 16.1 Å². The van der Waals surface area contributed by atoms with E-state index in [-0.39, 0.29) is 16.8 Å². The molecule has 1 amide bonds. The second-order valence-corrected chi connectivity index (χ2v) is 4.11. The van der Waals surface area contributed by atoms with Crippen molar-refractivity contribution < 1.29 is 4.79 Å². The third kappa shape index (κ3) is 3.53. The topological polar surface area (TPSA) is 54.9 Å². The fourth-order valence-electron chi connectivity index (χ4n) is 1.51. The lowest BCUT2D eigenvalue weighted by Crippen LogP contribution is -2.26. The molecule has 0 saturated heterocycles. The van der Waals surface area contributed by atoms with E-state index in [4.69, 9.17) is 11.6 Å². The molecule has 0 aliphatic rings. The van der Waals surface area contributed by atoms with E-state index in [2.05, 4.69) is 15.3 Å². The van der Waals surface area contributed by atoms with Crippen molar-refractivity contribution in [3.8, 4) is 0 Å². The fourth-order valence-corrected chi connectivity index (χ4v) is 1.65. The molecular weight excluding hydrogens is 250 g/mol. The van der Waals surface area contributed by atoms with Crippen LogP contribution in [0, 0.1) is 0 Å². The van der Waals surface area contributed by atoms with Gasteiger partial charge in [0, 0.05) is 6.54 Å². The van der Waals surface area contributed by atoms with Crippen LogP contribution in [0.2, 0.25) is 5.15 Å². The van der Waals surface area contributed by atoms with Gasteiger partial charge in [-0.25, -0.2) is 4.98 Å². The minimum Gasteiger partial charge on any atom is -0.350 e. The van der Waals surface area contributed by atoms with Gasteiger partial charge in [-0.15, -0.1) is 0 Å². The highest BCUT2D eigenvalue weighted by Crippen LogP contribution is 2.02. The molecule has 0 aliphatic heterocycles. The Morgan fingerprint density at radius 1 is 1.22 bits per heavy atom. The van der Waals surface area contributed by atoms with Gasteiger partial charge in [-0.05, 0) is 12.0 Å². The quantitative estimate of drug-likeness (QED) is 0.917. The van der Waals surface area contributed by atoms with E-state index < -0.39 is 0 Å². The highest BCUT2D eigenvalue weighted by molar-refractivity contribution is 6.29. The maximum absolute atomic E-state index is 11.7. The predicted octanol–water partition coefficient (Wildman–Crippen LogP) is 2.10. The zero-order valence-electron chi connectivity index (χ0n) is 9.64. The molecule has 0 spiro atoms. The Bertz CT molecular complexity index is 531. The first-order valence-electron chi connectivity index (χ1n) is 5.55. The van der Waals surface area contributed by atoms with Crippen LogP contribution in [0.25, 0.3) is 0 Å². The molecule has 1 N–H and O–H groups in total. The first kappa shape index (κ1) is 12.5. The van der Waals surface area contributed by atoms with Crippen LogP contribution in [0.4, 0.5) is 0 Å². The van der Waals surface area contributed by atoms with E-state index in [1.54, 1.807) is 0 Å². The lowest BCUT2D eigenvalue weighted by Gasteiger charge is -2.04. The molecular formula is C13H12ClN3O. The Kier molecular flexibility index (Phi) is 4.25. The molecule has 1 aromatic carbocycles. The van der Waals surface area contributed by atoms with Gasteiger partial charge in [-0.2, -0.15) is 0 Å². The lowest BCUT2D eigenvalue weighted by molar-refractivity contribution is 0.0949. The molecule has 18 heavy (non-hydrogen) atoms. The number of aromatic nitrogens is 2. The van der Waals surface area contributed by atoms with Crippen LogP contribution in [0.5, 0.6) is 0 Å². The van der Waals surface area contributed by atoms with Crippen LogP contribution < -0.4 is 5.32 Å². The van der Waals surface area contributed by atoms with E-state index in [9.17, 15) is 4.79 Å². The Hall–Kier alpha value is -1.94. The molecule has 1 heterocycles. The maximum Gasteiger partial charge on any atom is 0.271 e. The summed E-state index contributed by atoms with van der Waals surface area (Å²) in [6.07, 6.45) is 3.56. The van der Waals surface area contributed by atoms with E-state index in [0.29, 0.717) is 6.54 Å². The number of rotatable bonds is 4. The minimum absolute atomic E-state index is 0.214. The second kappa shape index (κ2) is 6.12. The van der Waals surface area contributed by atoms with Crippen molar-refractivity contribution >= 4 is 17.5 Å². The first-order chi connectivity index (χ1) is 8.75. The van der Waals surface area contributed by atoms with Crippen molar-refractivity contribution in [3.05, 3.63) is 59.1 Å². The zero-order chi connectivity index (χ0) is 12.8. The summed E-state index contributed by atoms with van der Waals surface area (Å²) in [7, 11) is 0. The van der Waals surface area contributed by atoms with Gasteiger partial charge >= 0.3 is 0 Å². The first-order valence-corrected chi connectivity index (χ1v) is 5.93. The third-order valence-electron chi connectivity index (χ3n) is 2.38. The largest absolute Gasteiger partial charge is 0.350 e. The molecule has 0 bridgehead atoms. The van der Waals surface area contributed by atoms with Crippen LogP contribution in [0.3, 0.4) is 0 Å². The predicted molar refractivity (Wildman–Crippen MR) is 69.5 cm³/mol. The molecule has 92 valence electrons. The van der Waals surface area contributed by atoms with Gasteiger partial charge in [-0.3, -0.25) is 9.78 Å². The van der Waals surface area contributed by atoms with Crippen molar-refractivity contribution in [2.45, 2.75) is 6.42 Å². The number of nitrogens with one attached hydrogen (secondary N) is 1. The van der Waals surface area contributed by atoms with E-state index >= 15 is 0 Å². The smallest absolute Gasteiger partial charge is 0.271 e. The van der Waals surface area contributed by atoms with Gasteiger partial charge in [-0.1, -0.05) is 41.9 Å². The molecule has 0 atom stereocenters. The highest BCUT2D eigenvalue weighted by Gasteiger charge is 2.07. The van der Waals surface area contributed by atoms with Gasteiger partial charge in [0.25, 0.3) is 5.91 Å². The summed E-state index contributed by atoms with van der Waals surface area (Å²) in [6, 6.07) is 9.94. The van der Waals surface area contributed by atoms with Crippen LogP contribution >= 0.6 is 11.6 Å². The van der Waals surface area contributed by atoms with Crippen molar-refractivity contribution in [2.24, 2.45) is 0 Å². The van der Waals surface area contributed by atoms with Gasteiger partial charge < -0.3 is 5.32 Å². The number of hydrogen-bond acceptors (Lipinski definition) is 3. The summed E-state index contributed by atoms with van der Waals surface area (Å²) < 4.78 is 0. The molecule has 2 rings (SSSR count).